The normalized spacial score (nSPS) is 38.1. The standard InChI is InChI=1S/C12H21ClN2/c1-9(5-13)6-15-7-10-3-2-4-12(14)11(10)8-15/h5,10-12H,2-4,6-8,14H2,1H3. The Morgan fingerprint density at radius 1 is 1.47 bits per heavy atom. The fourth-order valence-electron chi connectivity index (χ4n) is 3.13. The first-order valence-electron chi connectivity index (χ1n) is 5.94. The summed E-state index contributed by atoms with van der Waals surface area (Å²) in [5, 5.41) is 0. The van der Waals surface area contributed by atoms with E-state index in [1.807, 2.05) is 0 Å². The number of likely N-dealkylation sites (tertiary alicyclic amines) is 1. The Morgan fingerprint density at radius 3 is 2.93 bits per heavy atom. The summed E-state index contributed by atoms with van der Waals surface area (Å²) in [6, 6.07) is 0.439. The average molecular weight is 229 g/mol. The van der Waals surface area contributed by atoms with Crippen LogP contribution in [-0.2, 0) is 0 Å². The number of hydrogen-bond acceptors (Lipinski definition) is 2. The summed E-state index contributed by atoms with van der Waals surface area (Å²) in [5.74, 6) is 1.58. The molecular weight excluding hydrogens is 208 g/mol. The Hall–Kier alpha value is -0.0500. The molecule has 0 radical (unpaired) electrons. The summed E-state index contributed by atoms with van der Waals surface area (Å²) in [5.41, 5.74) is 9.13. The predicted octanol–water partition coefficient (Wildman–Crippen LogP) is 2.19. The largest absolute Gasteiger partial charge is 0.327 e. The molecule has 0 aromatic heterocycles. The molecule has 0 spiro atoms. The van der Waals surface area contributed by atoms with Crippen LogP contribution in [0.4, 0.5) is 0 Å². The number of nitrogens with zero attached hydrogens (tertiary/aromatic N) is 1. The first-order chi connectivity index (χ1) is 7.20. The molecule has 3 unspecified atom stereocenters. The molecule has 86 valence electrons. The van der Waals surface area contributed by atoms with Gasteiger partial charge in [-0.05, 0) is 37.2 Å². The van der Waals surface area contributed by atoms with E-state index in [2.05, 4.69) is 11.8 Å². The van der Waals surface area contributed by atoms with Gasteiger partial charge < -0.3 is 5.73 Å². The van der Waals surface area contributed by atoms with Gasteiger partial charge in [-0.25, -0.2) is 0 Å². The highest BCUT2D eigenvalue weighted by molar-refractivity contribution is 6.25. The zero-order valence-corrected chi connectivity index (χ0v) is 10.2. The zero-order valence-electron chi connectivity index (χ0n) is 9.45. The minimum atomic E-state index is 0.439. The minimum Gasteiger partial charge on any atom is -0.327 e. The third-order valence-corrected chi connectivity index (χ3v) is 4.26. The maximum atomic E-state index is 6.18. The van der Waals surface area contributed by atoms with Crippen molar-refractivity contribution in [1.29, 1.82) is 0 Å². The van der Waals surface area contributed by atoms with Gasteiger partial charge in [0.25, 0.3) is 0 Å². The van der Waals surface area contributed by atoms with Gasteiger partial charge in [-0.1, -0.05) is 18.0 Å². The smallest absolute Gasteiger partial charge is 0.0202 e. The van der Waals surface area contributed by atoms with Gasteiger partial charge in [-0.15, -0.1) is 0 Å². The second-order valence-corrected chi connectivity index (χ2v) is 5.39. The van der Waals surface area contributed by atoms with E-state index in [1.165, 1.54) is 37.9 Å². The molecule has 3 atom stereocenters. The van der Waals surface area contributed by atoms with Crippen LogP contribution in [0.15, 0.2) is 11.1 Å². The van der Waals surface area contributed by atoms with Crippen molar-refractivity contribution in [3.63, 3.8) is 0 Å². The lowest BCUT2D eigenvalue weighted by atomic mass is 9.78. The molecule has 2 rings (SSSR count). The van der Waals surface area contributed by atoms with Crippen molar-refractivity contribution >= 4 is 11.6 Å². The summed E-state index contributed by atoms with van der Waals surface area (Å²) >= 11 is 5.70. The van der Waals surface area contributed by atoms with E-state index in [0.717, 1.165) is 18.4 Å². The van der Waals surface area contributed by atoms with Crippen molar-refractivity contribution in [3.8, 4) is 0 Å². The SMILES string of the molecule is CC(=CCl)CN1CC2CCCC(N)C2C1. The first kappa shape index (κ1) is 11.4. The lowest BCUT2D eigenvalue weighted by Gasteiger charge is -2.29. The van der Waals surface area contributed by atoms with E-state index >= 15 is 0 Å². The van der Waals surface area contributed by atoms with Crippen LogP contribution in [0.5, 0.6) is 0 Å². The van der Waals surface area contributed by atoms with Gasteiger partial charge in [0.2, 0.25) is 0 Å². The van der Waals surface area contributed by atoms with E-state index in [-0.39, 0.29) is 0 Å². The third kappa shape index (κ3) is 2.55. The number of fused-ring (bicyclic) bond motifs is 1. The van der Waals surface area contributed by atoms with Crippen molar-refractivity contribution in [2.75, 3.05) is 19.6 Å². The highest BCUT2D eigenvalue weighted by Gasteiger charge is 2.38. The molecule has 15 heavy (non-hydrogen) atoms. The number of rotatable bonds is 2. The zero-order chi connectivity index (χ0) is 10.8. The maximum absolute atomic E-state index is 6.18. The van der Waals surface area contributed by atoms with E-state index in [4.69, 9.17) is 17.3 Å². The lowest BCUT2D eigenvalue weighted by Crippen LogP contribution is -2.38. The Kier molecular flexibility index (Phi) is 3.70. The summed E-state index contributed by atoms with van der Waals surface area (Å²) in [6.45, 7) is 5.51. The summed E-state index contributed by atoms with van der Waals surface area (Å²) in [6.07, 6.45) is 3.92. The Bertz CT molecular complexity index is 252. The molecule has 0 amide bonds. The Labute approximate surface area is 97.5 Å². The number of nitrogens with two attached hydrogens (primary N) is 1. The van der Waals surface area contributed by atoms with Crippen molar-refractivity contribution < 1.29 is 0 Å². The summed E-state index contributed by atoms with van der Waals surface area (Å²) < 4.78 is 0. The molecule has 0 aromatic rings. The van der Waals surface area contributed by atoms with Gasteiger partial charge in [0.05, 0.1) is 0 Å². The highest BCUT2D eigenvalue weighted by Crippen LogP contribution is 2.35. The molecule has 2 aliphatic rings. The van der Waals surface area contributed by atoms with Crippen LogP contribution >= 0.6 is 11.6 Å². The van der Waals surface area contributed by atoms with E-state index in [9.17, 15) is 0 Å². The molecule has 2 N–H and O–H groups in total. The second-order valence-electron chi connectivity index (χ2n) is 5.17. The molecular formula is C12H21ClN2. The van der Waals surface area contributed by atoms with Gasteiger partial charge in [0.15, 0.2) is 0 Å². The molecule has 1 aliphatic heterocycles. The molecule has 3 heteroatoms. The van der Waals surface area contributed by atoms with Crippen LogP contribution in [0.2, 0.25) is 0 Å². The van der Waals surface area contributed by atoms with Crippen LogP contribution in [0.1, 0.15) is 26.2 Å². The van der Waals surface area contributed by atoms with Crippen LogP contribution in [0.25, 0.3) is 0 Å². The molecule has 0 bridgehead atoms. The molecule has 2 nitrogen and oxygen atoms in total. The average Bonchev–Trinajstić information content (AvgIpc) is 2.62. The van der Waals surface area contributed by atoms with Gasteiger partial charge in [0.1, 0.15) is 0 Å². The lowest BCUT2D eigenvalue weighted by molar-refractivity contribution is 0.259. The van der Waals surface area contributed by atoms with Crippen molar-refractivity contribution in [2.45, 2.75) is 32.2 Å². The first-order valence-corrected chi connectivity index (χ1v) is 6.38. The molecule has 1 heterocycles. The van der Waals surface area contributed by atoms with Crippen LogP contribution in [-0.4, -0.2) is 30.6 Å². The molecule has 2 fully saturated rings. The van der Waals surface area contributed by atoms with Crippen molar-refractivity contribution in [1.82, 2.24) is 4.90 Å². The quantitative estimate of drug-likeness (QED) is 0.785. The van der Waals surface area contributed by atoms with E-state index < -0.39 is 0 Å². The van der Waals surface area contributed by atoms with Gasteiger partial charge in [-0.3, -0.25) is 4.90 Å². The van der Waals surface area contributed by atoms with Crippen LogP contribution in [0, 0.1) is 11.8 Å². The topological polar surface area (TPSA) is 29.3 Å². The molecule has 1 aliphatic carbocycles. The number of halogens is 1. The van der Waals surface area contributed by atoms with Crippen molar-refractivity contribution in [3.05, 3.63) is 11.1 Å². The second kappa shape index (κ2) is 4.86. The summed E-state index contributed by atoms with van der Waals surface area (Å²) in [4.78, 5) is 2.51. The molecule has 0 aromatic carbocycles. The van der Waals surface area contributed by atoms with Gasteiger partial charge >= 0.3 is 0 Å². The Balaban J connectivity index is 1.92. The van der Waals surface area contributed by atoms with Gasteiger partial charge in [0, 0.05) is 31.2 Å². The fourth-order valence-corrected chi connectivity index (χ4v) is 3.19. The number of hydrogen-bond donors (Lipinski definition) is 1. The van der Waals surface area contributed by atoms with Crippen LogP contribution in [0.3, 0.4) is 0 Å². The maximum Gasteiger partial charge on any atom is 0.0202 e. The monoisotopic (exact) mass is 228 g/mol. The van der Waals surface area contributed by atoms with E-state index in [1.54, 1.807) is 5.54 Å². The fraction of sp³-hybridized carbons (Fsp3) is 0.833. The molecule has 1 saturated carbocycles. The minimum absolute atomic E-state index is 0.439. The molecule has 1 saturated heterocycles. The van der Waals surface area contributed by atoms with E-state index in [0.29, 0.717) is 6.04 Å². The van der Waals surface area contributed by atoms with Crippen LogP contribution < -0.4 is 5.73 Å². The van der Waals surface area contributed by atoms with Crippen molar-refractivity contribution in [2.24, 2.45) is 17.6 Å². The Morgan fingerprint density at radius 2 is 2.27 bits per heavy atom. The predicted molar refractivity (Wildman–Crippen MR) is 64.9 cm³/mol. The third-order valence-electron chi connectivity index (χ3n) is 3.89. The van der Waals surface area contributed by atoms with Gasteiger partial charge in [-0.2, -0.15) is 0 Å². The summed E-state index contributed by atoms with van der Waals surface area (Å²) in [7, 11) is 0. The highest BCUT2D eigenvalue weighted by atomic mass is 35.5.